The monoisotopic (exact) mass is 301 g/mol. The number of benzene rings is 1. The molecule has 0 atom stereocenters. The first kappa shape index (κ1) is 16.1. The van der Waals surface area contributed by atoms with Crippen molar-refractivity contribution in [1.29, 1.82) is 0 Å². The first-order valence-corrected chi connectivity index (χ1v) is 7.55. The maximum atomic E-state index is 12.3. The fourth-order valence-electron chi connectivity index (χ4n) is 2.15. The Morgan fingerprint density at radius 3 is 2.77 bits per heavy atom. The van der Waals surface area contributed by atoms with E-state index >= 15 is 0 Å². The third kappa shape index (κ3) is 3.67. The zero-order valence-corrected chi connectivity index (χ0v) is 13.6. The summed E-state index contributed by atoms with van der Waals surface area (Å²) in [5.41, 5.74) is 2.29. The van der Waals surface area contributed by atoms with E-state index in [-0.39, 0.29) is 5.91 Å². The number of aromatic nitrogens is 2. The molecule has 0 fully saturated rings. The van der Waals surface area contributed by atoms with Gasteiger partial charge in [-0.3, -0.25) is 9.48 Å². The molecule has 1 N–H and O–H groups in total. The topological polar surface area (TPSA) is 56.2 Å². The van der Waals surface area contributed by atoms with Gasteiger partial charge in [-0.05, 0) is 31.0 Å². The molecule has 0 spiro atoms. The second-order valence-corrected chi connectivity index (χ2v) is 5.57. The van der Waals surface area contributed by atoms with Crippen LogP contribution in [0.4, 0.5) is 0 Å². The smallest absolute Gasteiger partial charge is 0.269 e. The van der Waals surface area contributed by atoms with Gasteiger partial charge in [0.2, 0.25) is 0 Å². The molecular weight excluding hydrogens is 278 g/mol. The molecule has 1 aromatic heterocycles. The number of ether oxygens (including phenoxy) is 1. The third-order valence-corrected chi connectivity index (χ3v) is 3.35. The molecule has 0 unspecified atom stereocenters. The fraction of sp³-hybridized carbons (Fsp3) is 0.412. The van der Waals surface area contributed by atoms with Crippen LogP contribution in [0.15, 0.2) is 30.3 Å². The minimum absolute atomic E-state index is 0.0859. The zero-order valence-electron chi connectivity index (χ0n) is 13.6. The van der Waals surface area contributed by atoms with E-state index in [0.717, 1.165) is 17.0 Å². The van der Waals surface area contributed by atoms with Crippen LogP contribution in [-0.4, -0.2) is 29.3 Å². The molecule has 2 rings (SSSR count). The Morgan fingerprint density at radius 2 is 2.14 bits per heavy atom. The van der Waals surface area contributed by atoms with Gasteiger partial charge in [0.25, 0.3) is 5.91 Å². The molecule has 1 heterocycles. The summed E-state index contributed by atoms with van der Waals surface area (Å²) in [5, 5.41) is 7.46. The van der Waals surface area contributed by atoms with Crippen molar-refractivity contribution in [2.45, 2.75) is 27.3 Å². The highest BCUT2D eigenvalue weighted by Gasteiger charge is 2.15. The third-order valence-electron chi connectivity index (χ3n) is 3.35. The van der Waals surface area contributed by atoms with Crippen molar-refractivity contribution in [3.05, 3.63) is 36.0 Å². The van der Waals surface area contributed by atoms with Gasteiger partial charge in [0, 0.05) is 18.7 Å². The number of methoxy groups -OCH3 is 1. The summed E-state index contributed by atoms with van der Waals surface area (Å²) in [7, 11) is 1.63. The molecule has 1 amide bonds. The average molecular weight is 301 g/mol. The molecule has 5 nitrogen and oxygen atoms in total. The SMILES string of the molecule is CCn1nc(-c2cccc(OC)c2)cc1C(=O)NCC(C)C. The van der Waals surface area contributed by atoms with E-state index in [1.165, 1.54) is 0 Å². The first-order valence-electron chi connectivity index (χ1n) is 7.55. The van der Waals surface area contributed by atoms with E-state index in [1.807, 2.05) is 37.3 Å². The maximum absolute atomic E-state index is 12.3. The van der Waals surface area contributed by atoms with Crippen LogP contribution in [0.25, 0.3) is 11.3 Å². The highest BCUT2D eigenvalue weighted by molar-refractivity contribution is 5.93. The predicted octanol–water partition coefficient (Wildman–Crippen LogP) is 2.96. The number of nitrogens with zero attached hydrogens (tertiary/aromatic N) is 2. The molecule has 1 aromatic carbocycles. The largest absolute Gasteiger partial charge is 0.497 e. The summed E-state index contributed by atoms with van der Waals surface area (Å²) in [6.07, 6.45) is 0. The molecule has 0 saturated heterocycles. The van der Waals surface area contributed by atoms with Crippen LogP contribution in [0.5, 0.6) is 5.75 Å². The average Bonchev–Trinajstić information content (AvgIpc) is 2.97. The normalized spacial score (nSPS) is 10.8. The van der Waals surface area contributed by atoms with Gasteiger partial charge in [0.15, 0.2) is 0 Å². The lowest BCUT2D eigenvalue weighted by atomic mass is 10.1. The molecule has 0 bridgehead atoms. The highest BCUT2D eigenvalue weighted by Crippen LogP contribution is 2.23. The van der Waals surface area contributed by atoms with E-state index < -0.39 is 0 Å². The summed E-state index contributed by atoms with van der Waals surface area (Å²) in [4.78, 5) is 12.3. The summed E-state index contributed by atoms with van der Waals surface area (Å²) in [5.74, 6) is 1.10. The highest BCUT2D eigenvalue weighted by atomic mass is 16.5. The van der Waals surface area contributed by atoms with Crippen molar-refractivity contribution in [3.63, 3.8) is 0 Å². The Hall–Kier alpha value is -2.30. The molecule has 0 saturated carbocycles. The summed E-state index contributed by atoms with van der Waals surface area (Å²) in [6.45, 7) is 7.41. The minimum Gasteiger partial charge on any atom is -0.497 e. The number of rotatable bonds is 6. The first-order chi connectivity index (χ1) is 10.5. The second kappa shape index (κ2) is 7.11. The van der Waals surface area contributed by atoms with Gasteiger partial charge in [0.05, 0.1) is 12.8 Å². The number of amides is 1. The number of hydrogen-bond donors (Lipinski definition) is 1. The van der Waals surface area contributed by atoms with Crippen LogP contribution >= 0.6 is 0 Å². The van der Waals surface area contributed by atoms with Gasteiger partial charge in [-0.2, -0.15) is 5.10 Å². The summed E-state index contributed by atoms with van der Waals surface area (Å²) in [6, 6.07) is 9.50. The van der Waals surface area contributed by atoms with Gasteiger partial charge < -0.3 is 10.1 Å². The molecule has 0 aliphatic carbocycles. The van der Waals surface area contributed by atoms with Gasteiger partial charge in [-0.1, -0.05) is 26.0 Å². The van der Waals surface area contributed by atoms with Gasteiger partial charge in [-0.15, -0.1) is 0 Å². The minimum atomic E-state index is -0.0859. The lowest BCUT2D eigenvalue weighted by Gasteiger charge is -2.08. The second-order valence-electron chi connectivity index (χ2n) is 5.57. The molecule has 0 aliphatic rings. The van der Waals surface area contributed by atoms with Crippen LogP contribution in [-0.2, 0) is 6.54 Å². The standard InChI is InChI=1S/C17H23N3O2/c1-5-20-16(17(21)18-11-12(2)3)10-15(19-20)13-7-6-8-14(9-13)22-4/h6-10,12H,5,11H2,1-4H3,(H,18,21). The van der Waals surface area contributed by atoms with E-state index in [2.05, 4.69) is 24.3 Å². The van der Waals surface area contributed by atoms with Crippen LogP contribution < -0.4 is 10.1 Å². The van der Waals surface area contributed by atoms with Crippen molar-refractivity contribution in [3.8, 4) is 17.0 Å². The Morgan fingerprint density at radius 1 is 1.36 bits per heavy atom. The summed E-state index contributed by atoms with van der Waals surface area (Å²) < 4.78 is 6.96. The number of carbonyl (C=O) groups excluding carboxylic acids is 1. The van der Waals surface area contributed by atoms with Gasteiger partial charge in [0.1, 0.15) is 11.4 Å². The molecule has 2 aromatic rings. The molecular formula is C17H23N3O2. The van der Waals surface area contributed by atoms with Crippen molar-refractivity contribution in [2.24, 2.45) is 5.92 Å². The van der Waals surface area contributed by atoms with Gasteiger partial charge >= 0.3 is 0 Å². The van der Waals surface area contributed by atoms with Crippen LogP contribution in [0.2, 0.25) is 0 Å². The molecule has 5 heteroatoms. The van der Waals surface area contributed by atoms with Gasteiger partial charge in [-0.25, -0.2) is 0 Å². The van der Waals surface area contributed by atoms with Crippen LogP contribution in [0.3, 0.4) is 0 Å². The fourth-order valence-corrected chi connectivity index (χ4v) is 2.15. The summed E-state index contributed by atoms with van der Waals surface area (Å²) >= 11 is 0. The Bertz CT molecular complexity index is 647. The van der Waals surface area contributed by atoms with Crippen LogP contribution in [0, 0.1) is 5.92 Å². The molecule has 22 heavy (non-hydrogen) atoms. The Kier molecular flexibility index (Phi) is 5.20. The Balaban J connectivity index is 2.29. The van der Waals surface area contributed by atoms with E-state index in [9.17, 15) is 4.79 Å². The van der Waals surface area contributed by atoms with Crippen molar-refractivity contribution < 1.29 is 9.53 Å². The lowest BCUT2D eigenvalue weighted by molar-refractivity contribution is 0.0938. The van der Waals surface area contributed by atoms with Crippen molar-refractivity contribution >= 4 is 5.91 Å². The predicted molar refractivity (Wildman–Crippen MR) is 87.1 cm³/mol. The van der Waals surface area contributed by atoms with E-state index in [1.54, 1.807) is 11.8 Å². The molecule has 0 aliphatic heterocycles. The van der Waals surface area contributed by atoms with Crippen LogP contribution in [0.1, 0.15) is 31.3 Å². The number of carbonyl (C=O) groups is 1. The number of nitrogens with one attached hydrogen (secondary N) is 1. The Labute approximate surface area is 131 Å². The maximum Gasteiger partial charge on any atom is 0.269 e. The van der Waals surface area contributed by atoms with Crippen molar-refractivity contribution in [1.82, 2.24) is 15.1 Å². The number of hydrogen-bond acceptors (Lipinski definition) is 3. The zero-order chi connectivity index (χ0) is 16.1. The quantitative estimate of drug-likeness (QED) is 0.892. The van der Waals surface area contributed by atoms with E-state index in [0.29, 0.717) is 24.7 Å². The number of aryl methyl sites for hydroxylation is 1. The van der Waals surface area contributed by atoms with E-state index in [4.69, 9.17) is 4.74 Å². The lowest BCUT2D eigenvalue weighted by Crippen LogP contribution is -2.29. The molecule has 118 valence electrons. The van der Waals surface area contributed by atoms with Crippen molar-refractivity contribution in [2.75, 3.05) is 13.7 Å². The molecule has 0 radical (unpaired) electrons.